The third-order valence-electron chi connectivity index (χ3n) is 2.91. The number of nitrogen functional groups attached to an aromatic ring is 1. The van der Waals surface area contributed by atoms with E-state index in [9.17, 15) is 8.42 Å². The number of ether oxygens (including phenoxy) is 1. The lowest BCUT2D eigenvalue weighted by molar-refractivity contribution is 0.397. The van der Waals surface area contributed by atoms with E-state index < -0.39 is 10.0 Å². The number of nitrogens with zero attached hydrogens (tertiary/aromatic N) is 1. The number of benzene rings is 1. The van der Waals surface area contributed by atoms with Gasteiger partial charge in [0, 0.05) is 18.8 Å². The molecule has 0 aromatic heterocycles. The summed E-state index contributed by atoms with van der Waals surface area (Å²) in [7, 11) is -0.474. The molecule has 0 spiro atoms. The van der Waals surface area contributed by atoms with Gasteiger partial charge in [0.1, 0.15) is 10.6 Å². The average Bonchev–Trinajstić information content (AvgIpc) is 3.11. The van der Waals surface area contributed by atoms with Crippen LogP contribution in [0.15, 0.2) is 23.1 Å². The predicted molar refractivity (Wildman–Crippen MR) is 65.4 cm³/mol. The van der Waals surface area contributed by atoms with Crippen molar-refractivity contribution in [1.82, 2.24) is 4.31 Å². The van der Waals surface area contributed by atoms with Crippen molar-refractivity contribution in [1.29, 1.82) is 0 Å². The summed E-state index contributed by atoms with van der Waals surface area (Å²) in [4.78, 5) is 0.134. The molecule has 6 heteroatoms. The zero-order chi connectivity index (χ0) is 12.6. The topological polar surface area (TPSA) is 72.6 Å². The summed E-state index contributed by atoms with van der Waals surface area (Å²) < 4.78 is 31.1. The van der Waals surface area contributed by atoms with Crippen LogP contribution in [0.2, 0.25) is 0 Å². The van der Waals surface area contributed by atoms with Gasteiger partial charge in [-0.05, 0) is 31.0 Å². The third-order valence-corrected chi connectivity index (χ3v) is 4.84. The minimum atomic E-state index is -3.51. The van der Waals surface area contributed by atoms with Crippen molar-refractivity contribution in [2.24, 2.45) is 0 Å². The van der Waals surface area contributed by atoms with Gasteiger partial charge in [0.15, 0.2) is 0 Å². The van der Waals surface area contributed by atoms with Crippen molar-refractivity contribution in [3.8, 4) is 5.75 Å². The molecular formula is C11H16N2O3S. The van der Waals surface area contributed by atoms with Gasteiger partial charge in [-0.2, -0.15) is 4.31 Å². The van der Waals surface area contributed by atoms with Crippen LogP contribution >= 0.6 is 0 Å². The Kier molecular flexibility index (Phi) is 3.01. The van der Waals surface area contributed by atoms with E-state index in [0.29, 0.717) is 11.4 Å². The van der Waals surface area contributed by atoms with E-state index in [1.54, 1.807) is 19.2 Å². The number of hydrogen-bond acceptors (Lipinski definition) is 4. The van der Waals surface area contributed by atoms with Crippen LogP contribution in [-0.2, 0) is 10.0 Å². The van der Waals surface area contributed by atoms with Gasteiger partial charge in [-0.25, -0.2) is 8.42 Å². The first kappa shape index (κ1) is 12.2. The third kappa shape index (κ3) is 2.23. The minimum Gasteiger partial charge on any atom is -0.495 e. The van der Waals surface area contributed by atoms with E-state index >= 15 is 0 Å². The Morgan fingerprint density at radius 1 is 1.41 bits per heavy atom. The van der Waals surface area contributed by atoms with Crippen LogP contribution < -0.4 is 10.5 Å². The maximum absolute atomic E-state index is 12.3. The Morgan fingerprint density at radius 3 is 2.59 bits per heavy atom. The summed E-state index contributed by atoms with van der Waals surface area (Å²) in [6.45, 7) is 0. The highest BCUT2D eigenvalue weighted by Crippen LogP contribution is 2.34. The van der Waals surface area contributed by atoms with E-state index in [1.807, 2.05) is 0 Å². The molecule has 1 aliphatic carbocycles. The molecule has 0 radical (unpaired) electrons. The number of methoxy groups -OCH3 is 1. The second-order valence-electron chi connectivity index (χ2n) is 4.16. The molecule has 2 rings (SSSR count). The molecular weight excluding hydrogens is 240 g/mol. The van der Waals surface area contributed by atoms with Gasteiger partial charge >= 0.3 is 0 Å². The molecule has 2 N–H and O–H groups in total. The normalized spacial score (nSPS) is 16.2. The quantitative estimate of drug-likeness (QED) is 0.818. The summed E-state index contributed by atoms with van der Waals surface area (Å²) in [6.07, 6.45) is 1.83. The van der Waals surface area contributed by atoms with Crippen molar-refractivity contribution in [2.45, 2.75) is 23.8 Å². The fourth-order valence-corrected chi connectivity index (χ4v) is 3.29. The van der Waals surface area contributed by atoms with Crippen molar-refractivity contribution < 1.29 is 13.2 Å². The fourth-order valence-electron chi connectivity index (χ4n) is 1.68. The first-order chi connectivity index (χ1) is 7.96. The van der Waals surface area contributed by atoms with Gasteiger partial charge in [0.05, 0.1) is 7.11 Å². The SMILES string of the molecule is COc1ccc(N)cc1S(=O)(=O)N(C)C1CC1. The molecule has 0 amide bonds. The molecule has 0 heterocycles. The second-order valence-corrected chi connectivity index (χ2v) is 6.13. The van der Waals surface area contributed by atoms with E-state index in [4.69, 9.17) is 10.5 Å². The van der Waals surface area contributed by atoms with Gasteiger partial charge in [-0.1, -0.05) is 0 Å². The average molecular weight is 256 g/mol. The summed E-state index contributed by atoms with van der Waals surface area (Å²) in [5.41, 5.74) is 6.04. The van der Waals surface area contributed by atoms with E-state index in [0.717, 1.165) is 12.8 Å². The van der Waals surface area contributed by atoms with Crippen LogP contribution in [0, 0.1) is 0 Å². The van der Waals surface area contributed by atoms with E-state index in [-0.39, 0.29) is 10.9 Å². The summed E-state index contributed by atoms with van der Waals surface area (Å²) in [6, 6.07) is 4.75. The van der Waals surface area contributed by atoms with Crippen molar-refractivity contribution in [2.75, 3.05) is 19.9 Å². The van der Waals surface area contributed by atoms with Crippen LogP contribution in [-0.4, -0.2) is 32.9 Å². The van der Waals surface area contributed by atoms with Crippen LogP contribution in [0.3, 0.4) is 0 Å². The highest BCUT2D eigenvalue weighted by molar-refractivity contribution is 7.89. The maximum Gasteiger partial charge on any atom is 0.246 e. The second kappa shape index (κ2) is 4.19. The fraction of sp³-hybridized carbons (Fsp3) is 0.455. The van der Waals surface area contributed by atoms with Gasteiger partial charge in [-0.15, -0.1) is 0 Å². The maximum atomic E-state index is 12.3. The molecule has 0 saturated heterocycles. The van der Waals surface area contributed by atoms with Crippen molar-refractivity contribution >= 4 is 15.7 Å². The Balaban J connectivity index is 2.47. The highest BCUT2D eigenvalue weighted by Gasteiger charge is 2.36. The van der Waals surface area contributed by atoms with Crippen molar-refractivity contribution in [3.05, 3.63) is 18.2 Å². The first-order valence-corrected chi connectivity index (χ1v) is 6.82. The molecule has 1 aromatic carbocycles. The number of sulfonamides is 1. The van der Waals surface area contributed by atoms with E-state index in [2.05, 4.69) is 0 Å². The van der Waals surface area contributed by atoms with Crippen LogP contribution in [0.4, 0.5) is 5.69 Å². The lowest BCUT2D eigenvalue weighted by atomic mass is 10.3. The van der Waals surface area contributed by atoms with Gasteiger partial charge < -0.3 is 10.5 Å². The standard InChI is InChI=1S/C11H16N2O3S/c1-13(9-4-5-9)17(14,15)11-7-8(12)3-6-10(11)16-2/h3,6-7,9H,4-5,12H2,1-2H3. The van der Waals surface area contributed by atoms with Gasteiger partial charge in [0.2, 0.25) is 10.0 Å². The monoisotopic (exact) mass is 256 g/mol. The van der Waals surface area contributed by atoms with Crippen molar-refractivity contribution in [3.63, 3.8) is 0 Å². The largest absolute Gasteiger partial charge is 0.495 e. The first-order valence-electron chi connectivity index (χ1n) is 5.38. The zero-order valence-corrected chi connectivity index (χ0v) is 10.7. The molecule has 0 unspecified atom stereocenters. The van der Waals surface area contributed by atoms with Gasteiger partial charge in [-0.3, -0.25) is 0 Å². The molecule has 0 aliphatic heterocycles. The minimum absolute atomic E-state index is 0.117. The summed E-state index contributed by atoms with van der Waals surface area (Å²) >= 11 is 0. The number of hydrogen-bond donors (Lipinski definition) is 1. The Labute approximate surface area is 101 Å². The number of rotatable bonds is 4. The highest BCUT2D eigenvalue weighted by atomic mass is 32.2. The predicted octanol–water partition coefficient (Wildman–Crippen LogP) is 1.06. The van der Waals surface area contributed by atoms with Gasteiger partial charge in [0.25, 0.3) is 0 Å². The molecule has 1 aliphatic rings. The molecule has 1 aromatic rings. The molecule has 5 nitrogen and oxygen atoms in total. The molecule has 0 atom stereocenters. The lowest BCUT2D eigenvalue weighted by Crippen LogP contribution is -2.29. The summed E-state index contributed by atoms with van der Waals surface area (Å²) in [5, 5.41) is 0. The Bertz CT molecular complexity index is 524. The Hall–Kier alpha value is -1.27. The number of anilines is 1. The van der Waals surface area contributed by atoms with Crippen LogP contribution in [0.1, 0.15) is 12.8 Å². The van der Waals surface area contributed by atoms with Crippen LogP contribution in [0.5, 0.6) is 5.75 Å². The molecule has 17 heavy (non-hydrogen) atoms. The molecule has 0 bridgehead atoms. The lowest BCUT2D eigenvalue weighted by Gasteiger charge is -2.18. The Morgan fingerprint density at radius 2 is 2.06 bits per heavy atom. The molecule has 1 fully saturated rings. The van der Waals surface area contributed by atoms with Crippen LogP contribution in [0.25, 0.3) is 0 Å². The zero-order valence-electron chi connectivity index (χ0n) is 9.88. The molecule has 94 valence electrons. The molecule has 1 saturated carbocycles. The smallest absolute Gasteiger partial charge is 0.246 e. The number of nitrogens with two attached hydrogens (primary N) is 1. The van der Waals surface area contributed by atoms with E-state index in [1.165, 1.54) is 17.5 Å². The summed E-state index contributed by atoms with van der Waals surface area (Å²) in [5.74, 6) is 0.326.